The van der Waals surface area contributed by atoms with Crippen LogP contribution in [0.4, 0.5) is 5.69 Å². The van der Waals surface area contributed by atoms with Crippen LogP contribution in [0.5, 0.6) is 0 Å². The van der Waals surface area contributed by atoms with Crippen molar-refractivity contribution in [2.75, 3.05) is 11.4 Å². The van der Waals surface area contributed by atoms with Crippen molar-refractivity contribution in [1.82, 2.24) is 14.8 Å². The summed E-state index contributed by atoms with van der Waals surface area (Å²) in [6.45, 7) is 10.0. The Hall–Kier alpha value is -3.96. The third-order valence-corrected chi connectivity index (χ3v) is 8.59. The predicted molar refractivity (Wildman–Crippen MR) is 165 cm³/mol. The van der Waals surface area contributed by atoms with Crippen LogP contribution in [-0.4, -0.2) is 32.9 Å². The average Bonchev–Trinajstić information content (AvgIpc) is 3.38. The summed E-state index contributed by atoms with van der Waals surface area (Å²) in [7, 11) is 0. The maximum Gasteiger partial charge on any atom is 0.138 e. The lowest BCUT2D eigenvalue weighted by molar-refractivity contribution is 0.204. The summed E-state index contributed by atoms with van der Waals surface area (Å²) >= 11 is 0. The zero-order chi connectivity index (χ0) is 28.0. The molecule has 2 N–H and O–H groups in total. The molecule has 2 unspecified atom stereocenters. The van der Waals surface area contributed by atoms with E-state index in [1.54, 1.807) is 0 Å². The molecular weight excluding hydrogens is 490 g/mol. The highest BCUT2D eigenvalue weighted by atomic mass is 15.3. The van der Waals surface area contributed by atoms with Gasteiger partial charge in [0, 0.05) is 18.1 Å². The molecule has 1 aliphatic heterocycles. The van der Waals surface area contributed by atoms with Crippen molar-refractivity contribution in [2.24, 2.45) is 11.1 Å². The van der Waals surface area contributed by atoms with Crippen LogP contribution in [0.2, 0.25) is 0 Å². The minimum Gasteiger partial charge on any atom is -0.367 e. The van der Waals surface area contributed by atoms with Crippen LogP contribution in [0.3, 0.4) is 0 Å². The summed E-state index contributed by atoms with van der Waals surface area (Å²) in [6.07, 6.45) is 5.80. The molecule has 40 heavy (non-hydrogen) atoms. The molecule has 5 nitrogen and oxygen atoms in total. The van der Waals surface area contributed by atoms with Gasteiger partial charge in [0.25, 0.3) is 0 Å². The van der Waals surface area contributed by atoms with Crippen LogP contribution >= 0.6 is 0 Å². The smallest absolute Gasteiger partial charge is 0.138 e. The first-order valence-corrected chi connectivity index (χ1v) is 14.3. The summed E-state index contributed by atoms with van der Waals surface area (Å²) in [4.78, 5) is 7.49. The number of pyridine rings is 1. The number of hydrogen-bond donors (Lipinski definition) is 1. The fraction of sp³-hybridized carbons (Fsp3) is 0.314. The van der Waals surface area contributed by atoms with Gasteiger partial charge in [0.05, 0.1) is 23.6 Å². The first-order valence-electron chi connectivity index (χ1n) is 14.3. The SMILES string of the molecule is CC1(N)CCN(c2cnc3cnn(C(c4ccccc4)(c4ccccc4)c4ccccc4)c3c2)C(C(C)(C)C)C1. The summed E-state index contributed by atoms with van der Waals surface area (Å²) in [6, 6.07) is 34.7. The van der Waals surface area contributed by atoms with Gasteiger partial charge in [-0.25, -0.2) is 4.68 Å². The molecule has 6 rings (SSSR count). The maximum absolute atomic E-state index is 6.70. The van der Waals surface area contributed by atoms with Gasteiger partial charge in [-0.2, -0.15) is 5.10 Å². The van der Waals surface area contributed by atoms with E-state index in [0.29, 0.717) is 6.04 Å². The van der Waals surface area contributed by atoms with Crippen molar-refractivity contribution in [3.8, 4) is 0 Å². The van der Waals surface area contributed by atoms with E-state index in [2.05, 4.69) is 134 Å². The van der Waals surface area contributed by atoms with Gasteiger partial charge in [0.2, 0.25) is 0 Å². The Kier molecular flexibility index (Phi) is 6.50. The molecule has 1 aliphatic rings. The lowest BCUT2D eigenvalue weighted by Crippen LogP contribution is -2.57. The number of fused-ring (bicyclic) bond motifs is 1. The first-order chi connectivity index (χ1) is 19.2. The van der Waals surface area contributed by atoms with Crippen LogP contribution in [0.25, 0.3) is 11.0 Å². The topological polar surface area (TPSA) is 60.0 Å². The van der Waals surface area contributed by atoms with E-state index < -0.39 is 5.54 Å². The first kappa shape index (κ1) is 26.3. The van der Waals surface area contributed by atoms with Crippen LogP contribution in [0, 0.1) is 5.41 Å². The zero-order valence-corrected chi connectivity index (χ0v) is 24.0. The van der Waals surface area contributed by atoms with Gasteiger partial charge in [-0.15, -0.1) is 0 Å². The van der Waals surface area contributed by atoms with Crippen LogP contribution in [0.1, 0.15) is 57.2 Å². The molecule has 5 aromatic rings. The van der Waals surface area contributed by atoms with Crippen molar-refractivity contribution in [3.63, 3.8) is 0 Å². The van der Waals surface area contributed by atoms with Crippen LogP contribution in [0.15, 0.2) is 109 Å². The Morgan fingerprint density at radius 3 is 1.82 bits per heavy atom. The van der Waals surface area contributed by atoms with Crippen LogP contribution in [-0.2, 0) is 5.54 Å². The molecule has 3 heterocycles. The minimum absolute atomic E-state index is 0.0676. The Morgan fingerprint density at radius 1 is 0.800 bits per heavy atom. The molecule has 0 spiro atoms. The highest BCUT2D eigenvalue weighted by Gasteiger charge is 2.42. The normalized spacial score (nSPS) is 20.1. The molecule has 0 bridgehead atoms. The van der Waals surface area contributed by atoms with E-state index in [1.165, 1.54) is 0 Å². The van der Waals surface area contributed by atoms with Crippen molar-refractivity contribution in [3.05, 3.63) is 126 Å². The number of benzene rings is 3. The summed E-state index contributed by atoms with van der Waals surface area (Å²) in [5, 5.41) is 5.09. The van der Waals surface area contributed by atoms with Gasteiger partial charge in [-0.05, 0) is 47.9 Å². The maximum atomic E-state index is 6.70. The van der Waals surface area contributed by atoms with Crippen LogP contribution < -0.4 is 10.6 Å². The number of nitrogens with two attached hydrogens (primary N) is 1. The molecule has 2 aromatic heterocycles. The van der Waals surface area contributed by atoms with Gasteiger partial charge in [-0.1, -0.05) is 112 Å². The molecule has 0 amide bonds. The van der Waals surface area contributed by atoms with Gasteiger partial charge < -0.3 is 10.6 Å². The fourth-order valence-corrected chi connectivity index (χ4v) is 6.49. The zero-order valence-electron chi connectivity index (χ0n) is 24.0. The Bertz CT molecular complexity index is 1490. The number of aromatic nitrogens is 3. The number of piperidine rings is 1. The van der Waals surface area contributed by atoms with E-state index in [4.69, 9.17) is 15.8 Å². The van der Waals surface area contributed by atoms with E-state index in [0.717, 1.165) is 52.8 Å². The number of hydrogen-bond acceptors (Lipinski definition) is 4. The summed E-state index contributed by atoms with van der Waals surface area (Å²) in [5.41, 5.74) is 12.3. The van der Waals surface area contributed by atoms with E-state index in [1.807, 2.05) is 12.4 Å². The van der Waals surface area contributed by atoms with Gasteiger partial charge >= 0.3 is 0 Å². The Labute approximate surface area is 237 Å². The highest BCUT2D eigenvalue weighted by molar-refractivity contribution is 5.79. The van der Waals surface area contributed by atoms with Gasteiger partial charge in [-0.3, -0.25) is 4.98 Å². The summed E-state index contributed by atoms with van der Waals surface area (Å²) < 4.78 is 2.18. The lowest BCUT2D eigenvalue weighted by Gasteiger charge is -2.50. The second kappa shape index (κ2) is 9.90. The van der Waals surface area contributed by atoms with Crippen molar-refractivity contribution in [2.45, 2.75) is 57.7 Å². The van der Waals surface area contributed by atoms with Crippen molar-refractivity contribution < 1.29 is 0 Å². The number of nitrogens with zero attached hydrogens (tertiary/aromatic N) is 4. The minimum atomic E-state index is -0.688. The van der Waals surface area contributed by atoms with Gasteiger partial charge in [0.15, 0.2) is 0 Å². The van der Waals surface area contributed by atoms with Crippen molar-refractivity contribution in [1.29, 1.82) is 0 Å². The number of anilines is 1. The highest BCUT2D eigenvalue weighted by Crippen LogP contribution is 2.43. The summed E-state index contributed by atoms with van der Waals surface area (Å²) in [5.74, 6) is 0. The molecule has 0 saturated carbocycles. The third kappa shape index (κ3) is 4.48. The van der Waals surface area contributed by atoms with Gasteiger partial charge in [0.1, 0.15) is 11.1 Å². The molecule has 1 fully saturated rings. The molecule has 0 aliphatic carbocycles. The fourth-order valence-electron chi connectivity index (χ4n) is 6.49. The average molecular weight is 530 g/mol. The lowest BCUT2D eigenvalue weighted by atomic mass is 9.74. The predicted octanol–water partition coefficient (Wildman–Crippen LogP) is 7.00. The second-order valence-corrected chi connectivity index (χ2v) is 12.6. The van der Waals surface area contributed by atoms with E-state index >= 15 is 0 Å². The standard InChI is InChI=1S/C35H39N5/c1-33(2,3)32-23-34(4,36)20-21-39(32)29-22-31-30(37-24-29)25-38-40(31)35(26-14-8-5-9-15-26,27-16-10-6-11-17-27)28-18-12-7-13-19-28/h5-19,22,24-25,32H,20-21,23,36H2,1-4H3. The molecule has 0 radical (unpaired) electrons. The quantitative estimate of drug-likeness (QED) is 0.249. The molecule has 3 aromatic carbocycles. The molecular formula is C35H39N5. The second-order valence-electron chi connectivity index (χ2n) is 12.6. The molecule has 1 saturated heterocycles. The van der Waals surface area contributed by atoms with E-state index in [9.17, 15) is 0 Å². The van der Waals surface area contributed by atoms with E-state index in [-0.39, 0.29) is 11.0 Å². The Balaban J connectivity index is 1.61. The molecule has 2 atom stereocenters. The number of rotatable bonds is 5. The largest absolute Gasteiger partial charge is 0.367 e. The molecule has 5 heteroatoms. The third-order valence-electron chi connectivity index (χ3n) is 8.59. The monoisotopic (exact) mass is 529 g/mol. The Morgan fingerprint density at radius 2 is 1.32 bits per heavy atom. The van der Waals surface area contributed by atoms with Crippen molar-refractivity contribution >= 4 is 16.7 Å². The molecule has 204 valence electrons.